The topological polar surface area (TPSA) is 69.2 Å². The van der Waals surface area contributed by atoms with E-state index < -0.39 is 0 Å². The second kappa shape index (κ2) is 5.69. The minimum absolute atomic E-state index is 0.504. The number of aromatic nitrogens is 1. The summed E-state index contributed by atoms with van der Waals surface area (Å²) in [7, 11) is 1.99. The zero-order valence-electron chi connectivity index (χ0n) is 10.8. The van der Waals surface area contributed by atoms with Crippen LogP contribution in [-0.4, -0.2) is 43.1 Å². The smallest absolute Gasteiger partial charge is 0.151 e. The third-order valence-electron chi connectivity index (χ3n) is 3.34. The quantitative estimate of drug-likeness (QED) is 0.859. The molecule has 1 aliphatic heterocycles. The van der Waals surface area contributed by atoms with Gasteiger partial charge < -0.3 is 15.5 Å². The summed E-state index contributed by atoms with van der Waals surface area (Å²) in [4.78, 5) is 8.76. The highest BCUT2D eigenvalue weighted by molar-refractivity contribution is 5.64. The SMILES string of the molecule is CN(CCN1CCCC1)c1ncc(C#N)cc1N. The molecule has 18 heavy (non-hydrogen) atoms. The van der Waals surface area contributed by atoms with Crippen LogP contribution in [-0.2, 0) is 0 Å². The molecule has 0 bridgehead atoms. The molecule has 0 aromatic carbocycles. The van der Waals surface area contributed by atoms with Gasteiger partial charge in [0.05, 0.1) is 11.3 Å². The van der Waals surface area contributed by atoms with Crippen molar-refractivity contribution in [3.05, 3.63) is 17.8 Å². The normalized spacial score (nSPS) is 15.6. The highest BCUT2D eigenvalue weighted by Crippen LogP contribution is 2.19. The molecule has 1 aromatic rings. The van der Waals surface area contributed by atoms with E-state index in [2.05, 4.69) is 14.8 Å². The summed E-state index contributed by atoms with van der Waals surface area (Å²) in [6.07, 6.45) is 4.18. The molecular formula is C13H19N5. The Morgan fingerprint density at radius 1 is 1.50 bits per heavy atom. The third kappa shape index (κ3) is 2.90. The minimum atomic E-state index is 0.504. The summed E-state index contributed by atoms with van der Waals surface area (Å²) in [5.41, 5.74) is 6.98. The van der Waals surface area contributed by atoms with Crippen LogP contribution in [0.5, 0.6) is 0 Å². The van der Waals surface area contributed by atoms with Gasteiger partial charge in [0, 0.05) is 26.3 Å². The van der Waals surface area contributed by atoms with E-state index >= 15 is 0 Å². The minimum Gasteiger partial charge on any atom is -0.396 e. The number of nitrogen functional groups attached to an aromatic ring is 1. The molecule has 0 radical (unpaired) electrons. The van der Waals surface area contributed by atoms with Crippen LogP contribution in [0.3, 0.4) is 0 Å². The van der Waals surface area contributed by atoms with Gasteiger partial charge in [-0.3, -0.25) is 0 Å². The highest BCUT2D eigenvalue weighted by Gasteiger charge is 2.13. The number of pyridine rings is 1. The zero-order valence-corrected chi connectivity index (χ0v) is 10.8. The summed E-state index contributed by atoms with van der Waals surface area (Å²) < 4.78 is 0. The number of nitrogens with zero attached hydrogens (tertiary/aromatic N) is 4. The molecule has 1 aliphatic rings. The summed E-state index contributed by atoms with van der Waals surface area (Å²) in [6, 6.07) is 3.72. The number of likely N-dealkylation sites (tertiary alicyclic amines) is 1. The average Bonchev–Trinajstić information content (AvgIpc) is 2.88. The van der Waals surface area contributed by atoms with Crippen molar-refractivity contribution in [1.29, 1.82) is 5.26 Å². The molecule has 0 atom stereocenters. The fourth-order valence-electron chi connectivity index (χ4n) is 2.26. The Morgan fingerprint density at radius 2 is 2.22 bits per heavy atom. The summed E-state index contributed by atoms with van der Waals surface area (Å²) in [6.45, 7) is 4.34. The van der Waals surface area contributed by atoms with Gasteiger partial charge >= 0.3 is 0 Å². The van der Waals surface area contributed by atoms with Gasteiger partial charge in [0.1, 0.15) is 6.07 Å². The van der Waals surface area contributed by atoms with Crippen LogP contribution in [0.1, 0.15) is 18.4 Å². The summed E-state index contributed by atoms with van der Waals surface area (Å²) in [5, 5.41) is 8.77. The lowest BCUT2D eigenvalue weighted by atomic mass is 10.2. The molecule has 1 aromatic heterocycles. The molecule has 2 heterocycles. The fraction of sp³-hybridized carbons (Fsp3) is 0.538. The second-order valence-electron chi connectivity index (χ2n) is 4.72. The van der Waals surface area contributed by atoms with Crippen molar-refractivity contribution in [2.45, 2.75) is 12.8 Å². The van der Waals surface area contributed by atoms with Crippen molar-refractivity contribution in [3.8, 4) is 6.07 Å². The molecule has 5 heteroatoms. The van der Waals surface area contributed by atoms with Crippen molar-refractivity contribution >= 4 is 11.5 Å². The Labute approximate surface area is 108 Å². The number of hydrogen-bond donors (Lipinski definition) is 1. The van der Waals surface area contributed by atoms with E-state index in [0.717, 1.165) is 18.9 Å². The third-order valence-corrected chi connectivity index (χ3v) is 3.34. The summed E-state index contributed by atoms with van der Waals surface area (Å²) >= 11 is 0. The first kappa shape index (κ1) is 12.7. The first-order chi connectivity index (χ1) is 8.70. The van der Waals surface area contributed by atoms with Crippen LogP contribution in [0.2, 0.25) is 0 Å². The Morgan fingerprint density at radius 3 is 2.83 bits per heavy atom. The van der Waals surface area contributed by atoms with Crippen LogP contribution in [0.25, 0.3) is 0 Å². The van der Waals surface area contributed by atoms with Gasteiger partial charge in [0.25, 0.3) is 0 Å². The lowest BCUT2D eigenvalue weighted by Crippen LogP contribution is -2.32. The Hall–Kier alpha value is -1.80. The lowest BCUT2D eigenvalue weighted by Gasteiger charge is -2.23. The maximum atomic E-state index is 8.77. The standard InChI is InChI=1S/C13H19N5/c1-17(6-7-18-4-2-3-5-18)13-12(15)8-11(9-14)10-16-13/h8,10H,2-7,15H2,1H3. The number of nitriles is 1. The average molecular weight is 245 g/mol. The molecule has 1 saturated heterocycles. The number of anilines is 2. The summed E-state index contributed by atoms with van der Waals surface area (Å²) in [5.74, 6) is 0.758. The van der Waals surface area contributed by atoms with E-state index in [1.807, 2.05) is 13.1 Å². The second-order valence-corrected chi connectivity index (χ2v) is 4.72. The van der Waals surface area contributed by atoms with Crippen molar-refractivity contribution in [1.82, 2.24) is 9.88 Å². The highest BCUT2D eigenvalue weighted by atomic mass is 15.2. The van der Waals surface area contributed by atoms with E-state index in [9.17, 15) is 0 Å². The van der Waals surface area contributed by atoms with E-state index in [1.54, 1.807) is 12.3 Å². The molecule has 2 N–H and O–H groups in total. The van der Waals surface area contributed by atoms with E-state index in [1.165, 1.54) is 25.9 Å². The first-order valence-corrected chi connectivity index (χ1v) is 6.30. The van der Waals surface area contributed by atoms with Gasteiger partial charge in [-0.15, -0.1) is 0 Å². The number of rotatable bonds is 4. The molecule has 0 unspecified atom stereocenters. The molecule has 96 valence electrons. The molecule has 1 fully saturated rings. The van der Waals surface area contributed by atoms with Crippen molar-refractivity contribution in [3.63, 3.8) is 0 Å². The Kier molecular flexibility index (Phi) is 4.00. The van der Waals surface area contributed by atoms with Gasteiger partial charge in [0.15, 0.2) is 5.82 Å². The predicted octanol–water partition coefficient (Wildman–Crippen LogP) is 1.07. The van der Waals surface area contributed by atoms with Gasteiger partial charge in [0.2, 0.25) is 0 Å². The predicted molar refractivity (Wildman–Crippen MR) is 72.3 cm³/mol. The van der Waals surface area contributed by atoms with E-state index in [-0.39, 0.29) is 0 Å². The Balaban J connectivity index is 1.95. The van der Waals surface area contributed by atoms with E-state index in [0.29, 0.717) is 11.3 Å². The van der Waals surface area contributed by atoms with Crippen LogP contribution in [0.15, 0.2) is 12.3 Å². The molecular weight excluding hydrogens is 226 g/mol. The maximum absolute atomic E-state index is 8.77. The molecule has 0 spiro atoms. The molecule has 0 aliphatic carbocycles. The lowest BCUT2D eigenvalue weighted by molar-refractivity contribution is 0.346. The first-order valence-electron chi connectivity index (χ1n) is 6.30. The molecule has 5 nitrogen and oxygen atoms in total. The van der Waals surface area contributed by atoms with Crippen LogP contribution < -0.4 is 10.6 Å². The van der Waals surface area contributed by atoms with Crippen molar-refractivity contribution in [2.24, 2.45) is 0 Å². The van der Waals surface area contributed by atoms with Crippen LogP contribution in [0, 0.1) is 11.3 Å². The van der Waals surface area contributed by atoms with Crippen LogP contribution in [0.4, 0.5) is 11.5 Å². The largest absolute Gasteiger partial charge is 0.396 e. The molecule has 0 amide bonds. The van der Waals surface area contributed by atoms with Crippen molar-refractivity contribution in [2.75, 3.05) is 43.9 Å². The zero-order chi connectivity index (χ0) is 13.0. The Bertz CT molecular complexity index is 445. The van der Waals surface area contributed by atoms with Crippen molar-refractivity contribution < 1.29 is 0 Å². The fourth-order valence-corrected chi connectivity index (χ4v) is 2.26. The van der Waals surface area contributed by atoms with Gasteiger partial charge in [-0.25, -0.2) is 4.98 Å². The molecule has 0 saturated carbocycles. The maximum Gasteiger partial charge on any atom is 0.151 e. The van der Waals surface area contributed by atoms with E-state index in [4.69, 9.17) is 11.0 Å². The van der Waals surface area contributed by atoms with Gasteiger partial charge in [-0.05, 0) is 32.0 Å². The van der Waals surface area contributed by atoms with Gasteiger partial charge in [-0.2, -0.15) is 5.26 Å². The monoisotopic (exact) mass is 245 g/mol. The van der Waals surface area contributed by atoms with Crippen LogP contribution >= 0.6 is 0 Å². The molecule has 2 rings (SSSR count). The number of nitrogens with two attached hydrogens (primary N) is 1. The van der Waals surface area contributed by atoms with Gasteiger partial charge in [-0.1, -0.05) is 0 Å². The number of likely N-dealkylation sites (N-methyl/N-ethyl adjacent to an activating group) is 1. The number of hydrogen-bond acceptors (Lipinski definition) is 5.